The molecule has 0 saturated heterocycles. The number of fused-ring (bicyclic) bond motifs is 2. The number of aryl methyl sites for hydroxylation is 1. The predicted octanol–water partition coefficient (Wildman–Crippen LogP) is 1.71. The van der Waals surface area contributed by atoms with Crippen molar-refractivity contribution in [2.75, 3.05) is 7.05 Å². The summed E-state index contributed by atoms with van der Waals surface area (Å²) in [7, 11) is 1.56. The number of nitrogens with one attached hydrogen (secondary N) is 1. The third kappa shape index (κ3) is 1.93. The average molecular weight is 256 g/mol. The highest BCUT2D eigenvalue weighted by molar-refractivity contribution is 6.00. The summed E-state index contributed by atoms with van der Waals surface area (Å²) in [6, 6.07) is 5.50. The lowest BCUT2D eigenvalue weighted by Crippen LogP contribution is -2.98. The second-order valence-corrected chi connectivity index (χ2v) is 5.13. The Hall–Kier alpha value is -1.78. The highest BCUT2D eigenvalue weighted by atomic mass is 16.5. The van der Waals surface area contributed by atoms with Gasteiger partial charge >= 0.3 is 0 Å². The van der Waals surface area contributed by atoms with Crippen LogP contribution in [0.2, 0.25) is 0 Å². The van der Waals surface area contributed by atoms with Crippen molar-refractivity contribution in [1.82, 2.24) is 4.98 Å². The quantitative estimate of drug-likeness (QED) is 0.790. The number of hydrogen-bond donors (Lipinski definition) is 1. The van der Waals surface area contributed by atoms with Gasteiger partial charge in [0.15, 0.2) is 5.78 Å². The summed E-state index contributed by atoms with van der Waals surface area (Å²) in [6.45, 7) is 2.02. The zero-order valence-corrected chi connectivity index (χ0v) is 11.1. The second-order valence-electron chi connectivity index (χ2n) is 5.13. The molecule has 4 nitrogen and oxygen atoms in total. The minimum atomic E-state index is 0.0510. The van der Waals surface area contributed by atoms with E-state index in [0.717, 1.165) is 34.9 Å². The summed E-state index contributed by atoms with van der Waals surface area (Å²) in [5.41, 5.74) is 4.28. The number of hydroxylamine groups is 1. The van der Waals surface area contributed by atoms with E-state index in [-0.39, 0.29) is 10.8 Å². The fourth-order valence-corrected chi connectivity index (χ4v) is 2.76. The molecule has 1 aliphatic carbocycles. The van der Waals surface area contributed by atoms with E-state index < -0.39 is 0 Å². The number of quaternary nitrogens is 1. The third-order valence-electron chi connectivity index (χ3n) is 3.87. The van der Waals surface area contributed by atoms with Gasteiger partial charge in [-0.1, -0.05) is 0 Å². The first-order valence-electron chi connectivity index (χ1n) is 6.55. The number of ketones is 1. The van der Waals surface area contributed by atoms with Gasteiger partial charge in [0.05, 0.1) is 12.6 Å². The Morgan fingerprint density at radius 3 is 2.84 bits per heavy atom. The number of carbonyl (C=O) groups excluding carboxylic acids is 1. The summed E-state index contributed by atoms with van der Waals surface area (Å²) in [5, 5.41) is 12.5. The summed E-state index contributed by atoms with van der Waals surface area (Å²) in [6.07, 6.45) is 2.39. The summed E-state index contributed by atoms with van der Waals surface area (Å²) in [5.74, 6) is 0.141. The van der Waals surface area contributed by atoms with Gasteiger partial charge in [-0.25, -0.2) is 4.98 Å². The molecule has 1 aliphatic rings. The number of rotatable bonds is 1. The molecule has 1 aromatic carbocycles. The standard InChI is InChI=1S/C15H16N2O2/c1-9-11-4-3-5-14(18)15(11)16-13-7-6-10(17(2)19)8-12(9)13/h6-8,17H,3-5H2,1-2H3. The number of benzene rings is 1. The molecule has 1 aromatic heterocycles. The lowest BCUT2D eigenvalue weighted by Gasteiger charge is -2.20. The van der Waals surface area contributed by atoms with Crippen molar-refractivity contribution in [2.45, 2.75) is 26.2 Å². The maximum absolute atomic E-state index is 11.9. The average Bonchev–Trinajstić information content (AvgIpc) is 2.40. The second kappa shape index (κ2) is 4.40. The molecule has 2 aromatic rings. The van der Waals surface area contributed by atoms with Crippen molar-refractivity contribution in [3.8, 4) is 0 Å². The lowest BCUT2D eigenvalue weighted by atomic mass is 9.90. The van der Waals surface area contributed by atoms with Crippen LogP contribution in [0.4, 0.5) is 5.69 Å². The predicted molar refractivity (Wildman–Crippen MR) is 73.7 cm³/mol. The Balaban J connectivity index is 2.30. The van der Waals surface area contributed by atoms with Crippen molar-refractivity contribution in [2.24, 2.45) is 0 Å². The topological polar surface area (TPSA) is 57.5 Å². The molecular formula is C15H16N2O2. The Bertz CT molecular complexity index is 677. The number of Topliss-reactive ketones (excluding diaryl/α,β-unsaturated/α-hetero) is 1. The van der Waals surface area contributed by atoms with Gasteiger partial charge in [0.1, 0.15) is 11.4 Å². The van der Waals surface area contributed by atoms with Crippen molar-refractivity contribution in [3.63, 3.8) is 0 Å². The first-order valence-corrected chi connectivity index (χ1v) is 6.55. The van der Waals surface area contributed by atoms with Crippen LogP contribution in [-0.4, -0.2) is 17.8 Å². The van der Waals surface area contributed by atoms with Crippen LogP contribution in [0.1, 0.15) is 34.5 Å². The highest BCUT2D eigenvalue weighted by Crippen LogP contribution is 2.29. The van der Waals surface area contributed by atoms with Crippen LogP contribution in [0.25, 0.3) is 10.9 Å². The molecule has 0 spiro atoms. The Labute approximate surface area is 111 Å². The SMILES string of the molecule is Cc1c2c(nc3ccc([NH+](C)[O-])cc13)C(=O)CCC2. The van der Waals surface area contributed by atoms with Crippen LogP contribution in [0.5, 0.6) is 0 Å². The molecule has 1 N–H and O–H groups in total. The number of aromatic nitrogens is 1. The van der Waals surface area contributed by atoms with Gasteiger partial charge in [-0.05, 0) is 37.0 Å². The van der Waals surface area contributed by atoms with Crippen LogP contribution in [0.15, 0.2) is 18.2 Å². The summed E-state index contributed by atoms with van der Waals surface area (Å²) in [4.78, 5) is 16.4. The lowest BCUT2D eigenvalue weighted by molar-refractivity contribution is -0.751. The van der Waals surface area contributed by atoms with Gasteiger partial charge in [-0.2, -0.15) is 0 Å². The van der Waals surface area contributed by atoms with E-state index in [4.69, 9.17) is 0 Å². The third-order valence-corrected chi connectivity index (χ3v) is 3.87. The normalized spacial score (nSPS) is 16.5. The van der Waals surface area contributed by atoms with Gasteiger partial charge in [-0.15, -0.1) is 0 Å². The van der Waals surface area contributed by atoms with E-state index in [2.05, 4.69) is 4.98 Å². The number of hydrogen-bond acceptors (Lipinski definition) is 3. The van der Waals surface area contributed by atoms with E-state index in [1.54, 1.807) is 13.1 Å². The number of carbonyl (C=O) groups is 1. The van der Waals surface area contributed by atoms with Gasteiger partial charge in [0, 0.05) is 23.9 Å². The fraction of sp³-hybridized carbons (Fsp3) is 0.333. The first-order chi connectivity index (χ1) is 9.08. The van der Waals surface area contributed by atoms with Crippen LogP contribution in [-0.2, 0) is 6.42 Å². The Morgan fingerprint density at radius 1 is 1.32 bits per heavy atom. The molecule has 0 aliphatic heterocycles. The largest absolute Gasteiger partial charge is 0.629 e. The van der Waals surface area contributed by atoms with E-state index in [1.807, 2.05) is 19.1 Å². The van der Waals surface area contributed by atoms with Crippen LogP contribution in [0.3, 0.4) is 0 Å². The zero-order valence-electron chi connectivity index (χ0n) is 11.1. The molecule has 98 valence electrons. The number of nitrogens with zero attached hydrogens (tertiary/aromatic N) is 1. The zero-order chi connectivity index (χ0) is 13.6. The highest BCUT2D eigenvalue weighted by Gasteiger charge is 2.22. The molecule has 0 fully saturated rings. The van der Waals surface area contributed by atoms with Crippen molar-refractivity contribution in [3.05, 3.63) is 40.2 Å². The number of pyridine rings is 1. The fourth-order valence-electron chi connectivity index (χ4n) is 2.76. The minimum Gasteiger partial charge on any atom is -0.629 e. The van der Waals surface area contributed by atoms with Gasteiger partial charge in [-0.3, -0.25) is 4.79 Å². The smallest absolute Gasteiger partial charge is 0.181 e. The molecule has 3 rings (SSSR count). The Kier molecular flexibility index (Phi) is 2.84. The van der Waals surface area contributed by atoms with Gasteiger partial charge in [0.25, 0.3) is 0 Å². The molecule has 0 amide bonds. The Morgan fingerprint density at radius 2 is 2.11 bits per heavy atom. The molecule has 0 bridgehead atoms. The summed E-state index contributed by atoms with van der Waals surface area (Å²) >= 11 is 0. The van der Waals surface area contributed by atoms with Gasteiger partial charge in [0.2, 0.25) is 0 Å². The molecule has 1 atom stereocenters. The van der Waals surface area contributed by atoms with Crippen molar-refractivity contribution >= 4 is 22.4 Å². The minimum absolute atomic E-state index is 0.0510. The molecule has 1 heterocycles. The monoisotopic (exact) mass is 256 g/mol. The van der Waals surface area contributed by atoms with E-state index in [1.165, 1.54) is 0 Å². The van der Waals surface area contributed by atoms with E-state index in [9.17, 15) is 10.0 Å². The van der Waals surface area contributed by atoms with Crippen molar-refractivity contribution < 1.29 is 9.86 Å². The molecule has 1 unspecified atom stereocenters. The summed E-state index contributed by atoms with van der Waals surface area (Å²) < 4.78 is 0. The molecule has 4 heteroatoms. The van der Waals surface area contributed by atoms with Crippen LogP contribution < -0.4 is 5.06 Å². The van der Waals surface area contributed by atoms with Gasteiger partial charge < -0.3 is 10.3 Å². The van der Waals surface area contributed by atoms with E-state index >= 15 is 0 Å². The maximum Gasteiger partial charge on any atom is 0.181 e. The molecule has 19 heavy (non-hydrogen) atoms. The first kappa shape index (κ1) is 12.3. The van der Waals surface area contributed by atoms with Crippen molar-refractivity contribution in [1.29, 1.82) is 0 Å². The van der Waals surface area contributed by atoms with E-state index in [0.29, 0.717) is 17.8 Å². The molecule has 0 radical (unpaired) electrons. The van der Waals surface area contributed by atoms with Crippen LogP contribution in [0, 0.1) is 12.1 Å². The maximum atomic E-state index is 11.9. The van der Waals surface area contributed by atoms with Crippen LogP contribution >= 0.6 is 0 Å². The molecule has 0 saturated carbocycles. The molecular weight excluding hydrogens is 240 g/mol.